The number of fused-ring (bicyclic) bond motifs is 4. The van der Waals surface area contributed by atoms with E-state index in [1.807, 2.05) is 24.3 Å². The minimum atomic E-state index is -0.384. The third-order valence-corrected chi connectivity index (χ3v) is 7.59. The summed E-state index contributed by atoms with van der Waals surface area (Å²) in [4.78, 5) is 35.9. The van der Waals surface area contributed by atoms with Crippen molar-refractivity contribution in [3.8, 4) is 11.6 Å². The Bertz CT molecular complexity index is 1350. The van der Waals surface area contributed by atoms with Crippen LogP contribution in [0.1, 0.15) is 5.56 Å². The van der Waals surface area contributed by atoms with Gasteiger partial charge in [0.15, 0.2) is 0 Å². The molecule has 186 valence electrons. The van der Waals surface area contributed by atoms with Gasteiger partial charge < -0.3 is 24.8 Å². The summed E-state index contributed by atoms with van der Waals surface area (Å²) in [5.74, 6) is 1.92. The van der Waals surface area contributed by atoms with Crippen LogP contribution < -0.4 is 25.0 Å². The van der Waals surface area contributed by atoms with Crippen molar-refractivity contribution in [2.24, 2.45) is 5.92 Å². The van der Waals surface area contributed by atoms with Gasteiger partial charge in [-0.15, -0.1) is 11.8 Å². The molecule has 3 aliphatic heterocycles. The number of carbonyl (C=O) groups is 2. The molecule has 2 atom stereocenters. The molecule has 2 amide bonds. The van der Waals surface area contributed by atoms with Crippen LogP contribution in [0.25, 0.3) is 11.0 Å². The highest BCUT2D eigenvalue weighted by molar-refractivity contribution is 8.00. The quantitative estimate of drug-likeness (QED) is 0.520. The predicted octanol–water partition coefficient (Wildman–Crippen LogP) is 2.85. The number of benzene rings is 1. The Morgan fingerprint density at radius 3 is 3.06 bits per heavy atom. The molecule has 0 spiro atoms. The van der Waals surface area contributed by atoms with Gasteiger partial charge in [0.2, 0.25) is 11.8 Å². The zero-order valence-corrected chi connectivity index (χ0v) is 20.5. The number of nitrogens with one attached hydrogen (secondary N) is 2. The zero-order chi connectivity index (χ0) is 24.6. The fraction of sp³-hybridized carbons (Fsp3) is 0.360. The maximum Gasteiger partial charge on any atom is 0.414 e. The van der Waals surface area contributed by atoms with Gasteiger partial charge >= 0.3 is 6.09 Å². The molecule has 36 heavy (non-hydrogen) atoms. The Labute approximate surface area is 211 Å². The number of methoxy groups -OCH3 is 1. The average molecular weight is 508 g/mol. The largest absolute Gasteiger partial charge is 0.491 e. The summed E-state index contributed by atoms with van der Waals surface area (Å²) in [5.41, 5.74) is 4.09. The van der Waals surface area contributed by atoms with Crippen molar-refractivity contribution in [1.82, 2.24) is 15.3 Å². The molecule has 6 rings (SSSR count). The maximum absolute atomic E-state index is 12.5. The lowest BCUT2D eigenvalue weighted by molar-refractivity contribution is -0.113. The van der Waals surface area contributed by atoms with E-state index in [2.05, 4.69) is 20.6 Å². The van der Waals surface area contributed by atoms with Gasteiger partial charge in [-0.25, -0.2) is 9.78 Å². The van der Waals surface area contributed by atoms with Crippen molar-refractivity contribution < 1.29 is 23.8 Å². The van der Waals surface area contributed by atoms with Gasteiger partial charge in [-0.2, -0.15) is 0 Å². The Kier molecular flexibility index (Phi) is 6.02. The number of hydrogen-bond donors (Lipinski definition) is 2. The van der Waals surface area contributed by atoms with E-state index in [-0.39, 0.29) is 24.0 Å². The Morgan fingerprint density at radius 2 is 2.17 bits per heavy atom. The first kappa shape index (κ1) is 22.9. The standard InChI is InChI=1S/C25H25N5O5S/c1-33-23-5-3-18-24(29-23)17-6-14(12-34-20(17)10-27-18)8-26-9-16-11-30(25(32)35-16)15-2-4-21-19(7-15)28-22(31)13-36-21/h2-5,7,10,14,16,26H,6,8-9,11-13H2,1H3,(H,28,31)/t14-,16+/m0/s1. The molecule has 5 heterocycles. The van der Waals surface area contributed by atoms with E-state index in [1.165, 1.54) is 11.8 Å². The van der Waals surface area contributed by atoms with E-state index in [9.17, 15) is 9.59 Å². The third kappa shape index (κ3) is 4.40. The number of aromatic nitrogens is 2. The molecule has 2 N–H and O–H groups in total. The van der Waals surface area contributed by atoms with Gasteiger partial charge in [-0.1, -0.05) is 0 Å². The number of nitrogens with zero attached hydrogens (tertiary/aromatic N) is 3. The van der Waals surface area contributed by atoms with Crippen LogP contribution in [-0.2, 0) is 16.0 Å². The van der Waals surface area contributed by atoms with Gasteiger partial charge in [-0.3, -0.25) is 14.7 Å². The van der Waals surface area contributed by atoms with Crippen LogP contribution in [0.2, 0.25) is 0 Å². The number of pyridine rings is 2. The molecule has 1 fully saturated rings. The molecule has 0 aliphatic carbocycles. The molecule has 0 bridgehead atoms. The summed E-state index contributed by atoms with van der Waals surface area (Å²) >= 11 is 1.49. The van der Waals surface area contributed by atoms with Gasteiger partial charge in [0.05, 0.1) is 48.9 Å². The predicted molar refractivity (Wildman–Crippen MR) is 135 cm³/mol. The van der Waals surface area contributed by atoms with E-state index < -0.39 is 0 Å². The number of carbonyl (C=O) groups excluding carboxylic acids is 2. The summed E-state index contributed by atoms with van der Waals surface area (Å²) in [5, 5.41) is 6.31. The molecule has 0 radical (unpaired) electrons. The summed E-state index contributed by atoms with van der Waals surface area (Å²) < 4.78 is 16.9. The normalized spacial score (nSPS) is 20.9. The first-order valence-corrected chi connectivity index (χ1v) is 12.8. The van der Waals surface area contributed by atoms with Crippen LogP contribution in [0.5, 0.6) is 11.6 Å². The van der Waals surface area contributed by atoms with Crippen molar-refractivity contribution in [3.05, 3.63) is 42.1 Å². The van der Waals surface area contributed by atoms with Crippen molar-refractivity contribution in [1.29, 1.82) is 0 Å². The first-order chi connectivity index (χ1) is 17.6. The van der Waals surface area contributed by atoms with E-state index in [0.717, 1.165) is 39.4 Å². The molecule has 0 saturated carbocycles. The Balaban J connectivity index is 1.06. The van der Waals surface area contributed by atoms with Gasteiger partial charge in [-0.05, 0) is 30.7 Å². The molecular formula is C25H25N5O5S. The first-order valence-electron chi connectivity index (χ1n) is 11.8. The number of ether oxygens (including phenoxy) is 3. The molecule has 10 nitrogen and oxygen atoms in total. The second-order valence-corrected chi connectivity index (χ2v) is 10.0. The van der Waals surface area contributed by atoms with Crippen LogP contribution in [-0.4, -0.2) is 67.2 Å². The van der Waals surface area contributed by atoms with Gasteiger partial charge in [0.1, 0.15) is 11.9 Å². The summed E-state index contributed by atoms with van der Waals surface area (Å²) in [7, 11) is 1.60. The Hall–Kier alpha value is -3.57. The monoisotopic (exact) mass is 507 g/mol. The molecular weight excluding hydrogens is 482 g/mol. The lowest BCUT2D eigenvalue weighted by Gasteiger charge is -2.26. The minimum absolute atomic E-state index is 0.0378. The third-order valence-electron chi connectivity index (χ3n) is 6.52. The van der Waals surface area contributed by atoms with Crippen molar-refractivity contribution in [2.75, 3.05) is 49.3 Å². The van der Waals surface area contributed by atoms with Crippen molar-refractivity contribution in [3.63, 3.8) is 0 Å². The van der Waals surface area contributed by atoms with Gasteiger partial charge in [0.25, 0.3) is 0 Å². The van der Waals surface area contributed by atoms with Crippen LogP contribution in [0.3, 0.4) is 0 Å². The number of rotatable bonds is 6. The van der Waals surface area contributed by atoms with E-state index in [4.69, 9.17) is 14.2 Å². The SMILES string of the molecule is COc1ccc2ncc3c(c2n1)C[C@@H](CNC[C@@H]1CN(c2ccc4c(c2)NC(=O)CS4)C(=O)O1)CO3. The summed E-state index contributed by atoms with van der Waals surface area (Å²) in [6.07, 6.45) is 1.90. The Morgan fingerprint density at radius 1 is 1.25 bits per heavy atom. The smallest absolute Gasteiger partial charge is 0.414 e. The molecule has 1 aromatic carbocycles. The highest BCUT2D eigenvalue weighted by atomic mass is 32.2. The fourth-order valence-corrected chi connectivity index (χ4v) is 5.52. The highest BCUT2D eigenvalue weighted by Crippen LogP contribution is 2.36. The number of anilines is 2. The zero-order valence-electron chi connectivity index (χ0n) is 19.7. The topological polar surface area (TPSA) is 115 Å². The second-order valence-electron chi connectivity index (χ2n) is 9.00. The molecule has 0 unspecified atom stereocenters. The summed E-state index contributed by atoms with van der Waals surface area (Å²) in [6, 6.07) is 9.35. The molecule has 2 aromatic heterocycles. The molecule has 3 aliphatic rings. The van der Waals surface area contributed by atoms with Crippen LogP contribution >= 0.6 is 11.8 Å². The minimum Gasteiger partial charge on any atom is -0.491 e. The van der Waals surface area contributed by atoms with E-state index in [1.54, 1.807) is 24.3 Å². The molecule has 3 aromatic rings. The number of amides is 2. The number of cyclic esters (lactones) is 1. The molecule has 1 saturated heterocycles. The van der Waals surface area contributed by atoms with Crippen LogP contribution in [0.15, 0.2) is 41.4 Å². The molecule has 11 heteroatoms. The lowest BCUT2D eigenvalue weighted by atomic mass is 9.96. The van der Waals surface area contributed by atoms with Crippen LogP contribution in [0.4, 0.5) is 16.2 Å². The van der Waals surface area contributed by atoms with Gasteiger partial charge in [0, 0.05) is 41.2 Å². The van der Waals surface area contributed by atoms with Crippen molar-refractivity contribution in [2.45, 2.75) is 17.4 Å². The summed E-state index contributed by atoms with van der Waals surface area (Å²) in [6.45, 7) is 2.26. The van der Waals surface area contributed by atoms with Crippen molar-refractivity contribution >= 4 is 46.2 Å². The van der Waals surface area contributed by atoms with E-state index >= 15 is 0 Å². The number of hydrogen-bond acceptors (Lipinski definition) is 9. The number of thioether (sulfide) groups is 1. The maximum atomic E-state index is 12.5. The highest BCUT2D eigenvalue weighted by Gasteiger charge is 2.33. The second kappa shape index (κ2) is 9.47. The fourth-order valence-electron chi connectivity index (χ4n) is 4.73. The lowest BCUT2D eigenvalue weighted by Crippen LogP contribution is -2.37. The van der Waals surface area contributed by atoms with Crippen LogP contribution in [0, 0.1) is 5.92 Å². The average Bonchev–Trinajstić information content (AvgIpc) is 3.27. The van der Waals surface area contributed by atoms with E-state index in [0.29, 0.717) is 43.6 Å².